The molecule has 0 unspecified atom stereocenters. The number of nitrogens with zero attached hydrogens (tertiary/aromatic N) is 2. The van der Waals surface area contributed by atoms with Gasteiger partial charge in [-0.05, 0) is 31.2 Å². The fourth-order valence-electron chi connectivity index (χ4n) is 5.12. The number of carbonyl (C=O) groups excluding carboxylic acids is 1. The third kappa shape index (κ3) is 5.31. The van der Waals surface area contributed by atoms with Crippen molar-refractivity contribution in [3.05, 3.63) is 62.4 Å². The maximum absolute atomic E-state index is 12.3. The van der Waals surface area contributed by atoms with E-state index in [1.165, 1.54) is 31.2 Å². The van der Waals surface area contributed by atoms with Gasteiger partial charge in [0.1, 0.15) is 5.69 Å². The number of carbonyl (C=O) groups is 1. The van der Waals surface area contributed by atoms with Crippen molar-refractivity contribution < 1.29 is 4.79 Å². The van der Waals surface area contributed by atoms with Crippen molar-refractivity contribution in [2.45, 2.75) is 62.8 Å². The summed E-state index contributed by atoms with van der Waals surface area (Å²) in [6.45, 7) is 3.07. The molecule has 2 fully saturated rings. The summed E-state index contributed by atoms with van der Waals surface area (Å²) in [6.07, 6.45) is 7.37. The van der Waals surface area contributed by atoms with E-state index in [9.17, 15) is 14.4 Å². The van der Waals surface area contributed by atoms with Gasteiger partial charge in [-0.15, -0.1) is 0 Å². The second-order valence-corrected chi connectivity index (χ2v) is 8.92. The van der Waals surface area contributed by atoms with E-state index in [0.717, 1.165) is 32.5 Å². The van der Waals surface area contributed by atoms with Crippen LogP contribution in [0.5, 0.6) is 0 Å². The number of aromatic nitrogens is 3. The number of likely N-dealkylation sites (tertiary alicyclic amines) is 1. The SMILES string of the molecule is O=C(CCc1n[nH]c(=O)[nH]c1=O)NC1CCN(CC2(c3ccccc3)CCCC2)CC1. The first kappa shape index (κ1) is 21.5. The van der Waals surface area contributed by atoms with E-state index in [4.69, 9.17) is 0 Å². The minimum absolute atomic E-state index is 0.0811. The third-order valence-corrected chi connectivity index (χ3v) is 6.80. The fraction of sp³-hybridized carbons (Fsp3) is 0.565. The quantitative estimate of drug-likeness (QED) is 0.622. The van der Waals surface area contributed by atoms with Gasteiger partial charge in [-0.3, -0.25) is 14.6 Å². The molecule has 2 aromatic rings. The van der Waals surface area contributed by atoms with E-state index in [1.54, 1.807) is 0 Å². The molecule has 2 aliphatic rings. The van der Waals surface area contributed by atoms with E-state index in [0.29, 0.717) is 0 Å². The minimum Gasteiger partial charge on any atom is -0.353 e. The molecule has 0 atom stereocenters. The zero-order chi connectivity index (χ0) is 21.7. The Labute approximate surface area is 181 Å². The number of piperidine rings is 1. The monoisotopic (exact) mass is 425 g/mol. The number of benzene rings is 1. The molecule has 1 aliphatic carbocycles. The summed E-state index contributed by atoms with van der Waals surface area (Å²) >= 11 is 0. The van der Waals surface area contributed by atoms with Crippen LogP contribution in [0.1, 0.15) is 56.2 Å². The maximum atomic E-state index is 12.3. The molecule has 1 saturated carbocycles. The number of aryl methyl sites for hydroxylation is 1. The molecular weight excluding hydrogens is 394 g/mol. The number of H-pyrrole nitrogens is 2. The lowest BCUT2D eigenvalue weighted by molar-refractivity contribution is -0.122. The summed E-state index contributed by atoms with van der Waals surface area (Å²) in [7, 11) is 0. The highest BCUT2D eigenvalue weighted by Crippen LogP contribution is 2.42. The van der Waals surface area contributed by atoms with Crippen LogP contribution in [0.3, 0.4) is 0 Å². The summed E-state index contributed by atoms with van der Waals surface area (Å²) in [5, 5.41) is 9.01. The second kappa shape index (κ2) is 9.60. The van der Waals surface area contributed by atoms with Gasteiger partial charge in [0.05, 0.1) is 0 Å². The highest BCUT2D eigenvalue weighted by atomic mass is 16.2. The molecule has 0 spiro atoms. The van der Waals surface area contributed by atoms with Crippen LogP contribution in [0.2, 0.25) is 0 Å². The molecule has 1 aliphatic heterocycles. The Morgan fingerprint density at radius 3 is 2.52 bits per heavy atom. The standard InChI is InChI=1S/C23H31N5O3/c29-20(9-8-19-21(30)25-22(31)27-26-19)24-18-10-14-28(15-11-18)16-23(12-4-5-13-23)17-6-2-1-3-7-17/h1-3,6-7,18H,4-5,8-16H2,(H,24,29)(H2,25,27,30,31). The largest absolute Gasteiger partial charge is 0.353 e. The maximum Gasteiger partial charge on any atom is 0.342 e. The van der Waals surface area contributed by atoms with Gasteiger partial charge in [0.15, 0.2) is 0 Å². The lowest BCUT2D eigenvalue weighted by atomic mass is 9.78. The molecule has 1 amide bonds. The molecule has 1 saturated heterocycles. The lowest BCUT2D eigenvalue weighted by Crippen LogP contribution is -2.48. The summed E-state index contributed by atoms with van der Waals surface area (Å²) in [6, 6.07) is 11.1. The second-order valence-electron chi connectivity index (χ2n) is 8.92. The predicted molar refractivity (Wildman–Crippen MR) is 118 cm³/mol. The van der Waals surface area contributed by atoms with Crippen molar-refractivity contribution in [2.75, 3.05) is 19.6 Å². The van der Waals surface area contributed by atoms with Gasteiger partial charge in [0.25, 0.3) is 5.56 Å². The van der Waals surface area contributed by atoms with Crippen molar-refractivity contribution in [1.82, 2.24) is 25.4 Å². The van der Waals surface area contributed by atoms with E-state index in [1.807, 2.05) is 0 Å². The number of amides is 1. The smallest absolute Gasteiger partial charge is 0.342 e. The van der Waals surface area contributed by atoms with Crippen molar-refractivity contribution >= 4 is 5.91 Å². The van der Waals surface area contributed by atoms with E-state index in [-0.39, 0.29) is 35.9 Å². The van der Waals surface area contributed by atoms with Gasteiger partial charge in [0.2, 0.25) is 5.91 Å². The van der Waals surface area contributed by atoms with Gasteiger partial charge < -0.3 is 10.2 Å². The summed E-state index contributed by atoms with van der Waals surface area (Å²) < 4.78 is 0. The topological polar surface area (TPSA) is 111 Å². The van der Waals surface area contributed by atoms with Crippen LogP contribution in [0, 0.1) is 0 Å². The van der Waals surface area contributed by atoms with Gasteiger partial charge in [0, 0.05) is 43.9 Å². The van der Waals surface area contributed by atoms with Gasteiger partial charge >= 0.3 is 5.69 Å². The molecule has 0 bridgehead atoms. The fourth-order valence-corrected chi connectivity index (χ4v) is 5.12. The molecule has 8 nitrogen and oxygen atoms in total. The normalized spacial score (nSPS) is 19.4. The van der Waals surface area contributed by atoms with Gasteiger partial charge in [-0.2, -0.15) is 5.10 Å². The Morgan fingerprint density at radius 2 is 1.84 bits per heavy atom. The number of hydrogen-bond donors (Lipinski definition) is 3. The summed E-state index contributed by atoms with van der Waals surface area (Å²) in [4.78, 5) is 39.7. The van der Waals surface area contributed by atoms with Crippen LogP contribution in [0.25, 0.3) is 0 Å². The van der Waals surface area contributed by atoms with Crippen LogP contribution in [0.15, 0.2) is 39.9 Å². The van der Waals surface area contributed by atoms with Crippen LogP contribution < -0.4 is 16.6 Å². The molecule has 2 heterocycles. The van der Waals surface area contributed by atoms with Gasteiger partial charge in [-0.1, -0.05) is 43.2 Å². The molecule has 166 valence electrons. The average molecular weight is 426 g/mol. The Balaban J connectivity index is 1.25. The molecule has 0 radical (unpaired) electrons. The first-order valence-electron chi connectivity index (χ1n) is 11.3. The molecule has 3 N–H and O–H groups in total. The molecule has 1 aromatic carbocycles. The minimum atomic E-state index is -0.642. The molecular formula is C23H31N5O3. The lowest BCUT2D eigenvalue weighted by Gasteiger charge is -2.39. The number of rotatable bonds is 7. The van der Waals surface area contributed by atoms with Crippen molar-refractivity contribution in [3.8, 4) is 0 Å². The van der Waals surface area contributed by atoms with Crippen molar-refractivity contribution in [2.24, 2.45) is 0 Å². The molecule has 4 rings (SSSR count). The number of aromatic amines is 2. The van der Waals surface area contributed by atoms with E-state index >= 15 is 0 Å². The Hall–Kier alpha value is -2.74. The van der Waals surface area contributed by atoms with Crippen LogP contribution in [-0.4, -0.2) is 51.7 Å². The Morgan fingerprint density at radius 1 is 1.13 bits per heavy atom. The Bertz CT molecular complexity index is 986. The Kier molecular flexibility index (Phi) is 6.65. The van der Waals surface area contributed by atoms with E-state index < -0.39 is 11.2 Å². The molecule has 31 heavy (non-hydrogen) atoms. The summed E-state index contributed by atoms with van der Waals surface area (Å²) in [5.41, 5.74) is 0.732. The predicted octanol–water partition coefficient (Wildman–Crippen LogP) is 1.48. The zero-order valence-electron chi connectivity index (χ0n) is 17.9. The van der Waals surface area contributed by atoms with Gasteiger partial charge in [-0.25, -0.2) is 9.89 Å². The van der Waals surface area contributed by atoms with Crippen LogP contribution in [0.4, 0.5) is 0 Å². The highest BCUT2D eigenvalue weighted by molar-refractivity contribution is 5.76. The first-order valence-corrected chi connectivity index (χ1v) is 11.3. The van der Waals surface area contributed by atoms with Crippen LogP contribution in [-0.2, 0) is 16.6 Å². The number of nitrogens with one attached hydrogen (secondary N) is 3. The van der Waals surface area contributed by atoms with Crippen molar-refractivity contribution in [3.63, 3.8) is 0 Å². The molecule has 1 aromatic heterocycles. The van der Waals surface area contributed by atoms with E-state index in [2.05, 4.69) is 55.7 Å². The molecule has 8 heteroatoms. The number of hydrogen-bond acceptors (Lipinski definition) is 5. The average Bonchev–Trinajstić information content (AvgIpc) is 3.25. The first-order chi connectivity index (χ1) is 15.0. The van der Waals surface area contributed by atoms with Crippen LogP contribution >= 0.6 is 0 Å². The highest BCUT2D eigenvalue weighted by Gasteiger charge is 2.37. The third-order valence-electron chi connectivity index (χ3n) is 6.80. The summed E-state index contributed by atoms with van der Waals surface area (Å²) in [5.74, 6) is -0.0811. The zero-order valence-corrected chi connectivity index (χ0v) is 17.9. The van der Waals surface area contributed by atoms with Crippen molar-refractivity contribution in [1.29, 1.82) is 0 Å².